The van der Waals surface area contributed by atoms with Crippen LogP contribution in [0.3, 0.4) is 0 Å². The Morgan fingerprint density at radius 3 is 2.70 bits per heavy atom. The summed E-state index contributed by atoms with van der Waals surface area (Å²) in [7, 11) is 0. The van der Waals surface area contributed by atoms with Gasteiger partial charge in [-0.1, -0.05) is 24.3 Å². The SMILES string of the molecule is C[C@H](NC(=O)[C@@H]1C[C@@H](F)CN1C(=O)CNC(=O)c1ccc2cc(F)ccc2n1)c1cc(OC2CNC2)ccc1/C=C/C1CC1. The van der Waals surface area contributed by atoms with E-state index in [1.165, 1.54) is 42.0 Å². The number of ether oxygens (including phenoxy) is 1. The summed E-state index contributed by atoms with van der Waals surface area (Å²) in [6.45, 7) is 2.74. The maximum Gasteiger partial charge on any atom is 0.270 e. The lowest BCUT2D eigenvalue weighted by molar-refractivity contribution is -0.138. The lowest BCUT2D eigenvalue weighted by atomic mass is 9.99. The fourth-order valence-electron chi connectivity index (χ4n) is 5.49. The fraction of sp³-hybridized carbons (Fsp3) is 0.394. The standard InChI is InChI=1S/C33H35F2N5O4/c1-19(27-14-25(44-26-15-36-16-26)9-6-21(27)5-4-20-2-3-20)38-33(43)30-13-24(35)18-40(30)31(41)17-37-32(42)29-10-7-22-12-23(34)8-11-28(22)39-29/h4-12,14,19-20,24,26,30,36H,2-3,13,15-18H2,1H3,(H,37,42)(H,38,43)/b5-4+/t19-,24+,30-/m0/s1. The van der Waals surface area contributed by atoms with Crippen LogP contribution < -0.4 is 20.7 Å². The van der Waals surface area contributed by atoms with Crippen molar-refractivity contribution in [3.05, 3.63) is 77.2 Å². The molecule has 0 radical (unpaired) electrons. The predicted molar refractivity (Wildman–Crippen MR) is 161 cm³/mol. The van der Waals surface area contributed by atoms with Crippen LogP contribution in [-0.2, 0) is 9.59 Å². The van der Waals surface area contributed by atoms with Crippen LogP contribution >= 0.6 is 0 Å². The number of pyridine rings is 1. The highest BCUT2D eigenvalue weighted by molar-refractivity contribution is 5.97. The zero-order chi connectivity index (χ0) is 30.8. The molecular weight excluding hydrogens is 568 g/mol. The van der Waals surface area contributed by atoms with Crippen molar-refractivity contribution in [3.63, 3.8) is 0 Å². The van der Waals surface area contributed by atoms with E-state index in [4.69, 9.17) is 4.74 Å². The second kappa shape index (κ2) is 12.7. The summed E-state index contributed by atoms with van der Waals surface area (Å²) in [4.78, 5) is 44.7. The number of carbonyl (C=O) groups is 3. The van der Waals surface area contributed by atoms with E-state index in [2.05, 4.69) is 33.1 Å². The molecule has 3 heterocycles. The molecule has 3 N–H and O–H groups in total. The fourth-order valence-corrected chi connectivity index (χ4v) is 5.49. The Balaban J connectivity index is 1.10. The topological polar surface area (TPSA) is 113 Å². The maximum atomic E-state index is 14.6. The number of benzene rings is 2. The Labute approximate surface area is 254 Å². The Bertz CT molecular complexity index is 1610. The molecule has 2 aromatic carbocycles. The van der Waals surface area contributed by atoms with Gasteiger partial charge in [0.2, 0.25) is 11.8 Å². The summed E-state index contributed by atoms with van der Waals surface area (Å²) in [6.07, 6.45) is 5.19. The minimum atomic E-state index is -1.37. The van der Waals surface area contributed by atoms with Gasteiger partial charge >= 0.3 is 0 Å². The molecule has 44 heavy (non-hydrogen) atoms. The Morgan fingerprint density at radius 2 is 1.95 bits per heavy atom. The molecule has 3 atom stereocenters. The molecule has 1 aromatic heterocycles. The molecule has 1 aliphatic carbocycles. The molecule has 230 valence electrons. The molecule has 0 bridgehead atoms. The third-order valence-electron chi connectivity index (χ3n) is 8.26. The molecule has 3 aliphatic rings. The van der Waals surface area contributed by atoms with Gasteiger partial charge in [0.05, 0.1) is 24.6 Å². The van der Waals surface area contributed by atoms with Gasteiger partial charge in [-0.2, -0.15) is 0 Å². The zero-order valence-electron chi connectivity index (χ0n) is 24.4. The van der Waals surface area contributed by atoms with Crippen molar-refractivity contribution in [1.29, 1.82) is 0 Å². The number of hydrogen-bond donors (Lipinski definition) is 3. The van der Waals surface area contributed by atoms with Crippen LogP contribution in [0.4, 0.5) is 8.78 Å². The van der Waals surface area contributed by atoms with Gasteiger partial charge < -0.3 is 25.6 Å². The van der Waals surface area contributed by atoms with Crippen molar-refractivity contribution in [2.75, 3.05) is 26.2 Å². The number of halogens is 2. The summed E-state index contributed by atoms with van der Waals surface area (Å²) >= 11 is 0. The first-order valence-corrected chi connectivity index (χ1v) is 15.0. The van der Waals surface area contributed by atoms with Gasteiger partial charge in [0.15, 0.2) is 0 Å². The monoisotopic (exact) mass is 603 g/mol. The van der Waals surface area contributed by atoms with E-state index >= 15 is 0 Å². The smallest absolute Gasteiger partial charge is 0.270 e. The molecule has 9 nitrogen and oxygen atoms in total. The van der Waals surface area contributed by atoms with Crippen molar-refractivity contribution >= 4 is 34.7 Å². The van der Waals surface area contributed by atoms with Crippen LogP contribution in [0.1, 0.15) is 53.8 Å². The van der Waals surface area contributed by atoms with E-state index in [1.54, 1.807) is 6.07 Å². The first kappa shape index (κ1) is 29.7. The second-order valence-electron chi connectivity index (χ2n) is 11.7. The normalized spacial score (nSPS) is 20.8. The van der Waals surface area contributed by atoms with Gasteiger partial charge in [-0.3, -0.25) is 14.4 Å². The number of carbonyl (C=O) groups excluding carboxylic acids is 3. The van der Waals surface area contributed by atoms with Crippen molar-refractivity contribution < 1.29 is 27.9 Å². The molecule has 2 aliphatic heterocycles. The molecule has 3 amide bonds. The number of likely N-dealkylation sites (tertiary alicyclic amines) is 1. The quantitative estimate of drug-likeness (QED) is 0.326. The third kappa shape index (κ3) is 6.88. The van der Waals surface area contributed by atoms with E-state index in [9.17, 15) is 23.2 Å². The third-order valence-corrected chi connectivity index (χ3v) is 8.26. The number of nitrogens with one attached hydrogen (secondary N) is 3. The molecule has 3 fully saturated rings. The number of alkyl halides is 1. The van der Waals surface area contributed by atoms with Crippen LogP contribution in [0.15, 0.2) is 54.6 Å². The molecule has 6 rings (SSSR count). The van der Waals surface area contributed by atoms with E-state index in [1.807, 2.05) is 25.1 Å². The van der Waals surface area contributed by atoms with Crippen molar-refractivity contribution in [2.24, 2.45) is 5.92 Å². The summed E-state index contributed by atoms with van der Waals surface area (Å²) in [6, 6.07) is 11.4. The molecule has 3 aromatic rings. The van der Waals surface area contributed by atoms with Crippen LogP contribution in [-0.4, -0.2) is 72.1 Å². The van der Waals surface area contributed by atoms with E-state index in [0.717, 1.165) is 24.2 Å². The van der Waals surface area contributed by atoms with Crippen LogP contribution in [0.2, 0.25) is 0 Å². The number of aromatic nitrogens is 1. The highest BCUT2D eigenvalue weighted by Gasteiger charge is 2.40. The van der Waals surface area contributed by atoms with Crippen LogP contribution in [0.5, 0.6) is 5.75 Å². The summed E-state index contributed by atoms with van der Waals surface area (Å²) < 4.78 is 34.1. The van der Waals surface area contributed by atoms with Gasteiger partial charge in [0, 0.05) is 24.9 Å². The largest absolute Gasteiger partial charge is 0.488 e. The van der Waals surface area contributed by atoms with Gasteiger partial charge in [-0.05, 0) is 73.2 Å². The molecule has 0 unspecified atom stereocenters. The summed E-state index contributed by atoms with van der Waals surface area (Å²) in [5.41, 5.74) is 2.31. The predicted octanol–water partition coefficient (Wildman–Crippen LogP) is 3.69. The minimum absolute atomic E-state index is 0.0520. The number of nitrogens with zero attached hydrogens (tertiary/aromatic N) is 2. The zero-order valence-corrected chi connectivity index (χ0v) is 24.4. The first-order valence-electron chi connectivity index (χ1n) is 15.0. The maximum absolute atomic E-state index is 14.6. The Morgan fingerprint density at radius 1 is 1.14 bits per heavy atom. The van der Waals surface area contributed by atoms with Gasteiger partial charge in [-0.25, -0.2) is 13.8 Å². The number of rotatable bonds is 10. The Kier molecular flexibility index (Phi) is 8.56. The van der Waals surface area contributed by atoms with Crippen molar-refractivity contribution in [3.8, 4) is 5.75 Å². The summed E-state index contributed by atoms with van der Waals surface area (Å²) in [5, 5.41) is 9.21. The molecule has 2 saturated heterocycles. The lowest BCUT2D eigenvalue weighted by Gasteiger charge is -2.29. The first-order chi connectivity index (χ1) is 21.2. The van der Waals surface area contributed by atoms with Gasteiger partial charge in [0.1, 0.15) is 35.6 Å². The van der Waals surface area contributed by atoms with E-state index < -0.39 is 48.3 Å². The second-order valence-corrected chi connectivity index (χ2v) is 11.7. The van der Waals surface area contributed by atoms with Gasteiger partial charge in [-0.15, -0.1) is 0 Å². The van der Waals surface area contributed by atoms with Crippen LogP contribution in [0.25, 0.3) is 17.0 Å². The average molecular weight is 604 g/mol. The highest BCUT2D eigenvalue weighted by Crippen LogP contribution is 2.33. The molecular formula is C33H35F2N5O4. The van der Waals surface area contributed by atoms with E-state index in [0.29, 0.717) is 22.6 Å². The number of allylic oxidation sites excluding steroid dienone is 1. The Hall–Kier alpha value is -4.38. The minimum Gasteiger partial charge on any atom is -0.488 e. The van der Waals surface area contributed by atoms with Crippen molar-refractivity contribution in [1.82, 2.24) is 25.8 Å². The lowest BCUT2D eigenvalue weighted by Crippen LogP contribution is -2.50. The average Bonchev–Trinajstić information content (AvgIpc) is 3.74. The van der Waals surface area contributed by atoms with Gasteiger partial charge in [0.25, 0.3) is 5.91 Å². The number of hydrogen-bond acceptors (Lipinski definition) is 6. The van der Waals surface area contributed by atoms with Crippen molar-refractivity contribution in [2.45, 2.75) is 50.5 Å². The molecule has 1 saturated carbocycles. The number of amides is 3. The number of fused-ring (bicyclic) bond motifs is 1. The summed E-state index contributed by atoms with van der Waals surface area (Å²) in [5.74, 6) is -0.782. The molecule has 11 heteroatoms. The van der Waals surface area contributed by atoms with Crippen LogP contribution in [0, 0.1) is 11.7 Å². The highest BCUT2D eigenvalue weighted by atomic mass is 19.1. The molecule has 0 spiro atoms. The van der Waals surface area contributed by atoms with E-state index in [-0.39, 0.29) is 24.8 Å².